The lowest BCUT2D eigenvalue weighted by molar-refractivity contribution is -0.126. The highest BCUT2D eigenvalue weighted by Crippen LogP contribution is 2.29. The molecular formula is C17H32N2O2. The summed E-state index contributed by atoms with van der Waals surface area (Å²) in [6.07, 6.45) is 8.86. The van der Waals surface area contributed by atoms with Crippen LogP contribution in [0.2, 0.25) is 0 Å². The molecule has 0 aromatic heterocycles. The second-order valence-electron chi connectivity index (χ2n) is 7.36. The number of nitrogens with zero attached hydrogens (tertiary/aromatic N) is 2. The molecule has 0 N–H and O–H groups in total. The Morgan fingerprint density at radius 1 is 0.952 bits per heavy atom. The van der Waals surface area contributed by atoms with Gasteiger partial charge in [-0.2, -0.15) is 0 Å². The van der Waals surface area contributed by atoms with Crippen LogP contribution in [0.25, 0.3) is 0 Å². The highest BCUT2D eigenvalue weighted by atomic mass is 16.5. The molecule has 122 valence electrons. The third-order valence-corrected chi connectivity index (χ3v) is 5.54. The van der Waals surface area contributed by atoms with Gasteiger partial charge in [-0.15, -0.1) is 0 Å². The van der Waals surface area contributed by atoms with Crippen molar-refractivity contribution in [2.45, 2.75) is 56.8 Å². The van der Waals surface area contributed by atoms with Crippen molar-refractivity contribution in [3.05, 3.63) is 0 Å². The molecule has 21 heavy (non-hydrogen) atoms. The SMILES string of the molecule is COC1CC(OC2CCN(CC3CCCN(C)C3)CC2)C1. The van der Waals surface area contributed by atoms with Crippen LogP contribution in [-0.4, -0.2) is 75.0 Å². The molecule has 0 bridgehead atoms. The lowest BCUT2D eigenvalue weighted by atomic mass is 9.91. The van der Waals surface area contributed by atoms with Crippen LogP contribution in [0, 0.1) is 5.92 Å². The van der Waals surface area contributed by atoms with Crippen LogP contribution >= 0.6 is 0 Å². The Hall–Kier alpha value is -0.160. The van der Waals surface area contributed by atoms with Gasteiger partial charge in [-0.1, -0.05) is 0 Å². The van der Waals surface area contributed by atoms with E-state index in [1.807, 2.05) is 7.11 Å². The third-order valence-electron chi connectivity index (χ3n) is 5.54. The van der Waals surface area contributed by atoms with E-state index >= 15 is 0 Å². The standard InChI is InChI=1S/C17H32N2O2/c1-18-7-3-4-14(12-18)13-19-8-5-15(6-9-19)21-17-10-16(11-17)20-2/h14-17H,3-13H2,1-2H3. The first-order chi connectivity index (χ1) is 10.2. The molecule has 1 unspecified atom stereocenters. The molecule has 2 aliphatic heterocycles. The van der Waals surface area contributed by atoms with E-state index in [0.717, 1.165) is 18.8 Å². The monoisotopic (exact) mass is 296 g/mol. The van der Waals surface area contributed by atoms with Crippen LogP contribution in [0.1, 0.15) is 38.5 Å². The summed E-state index contributed by atoms with van der Waals surface area (Å²) in [6, 6.07) is 0. The molecule has 0 spiro atoms. The quantitative estimate of drug-likeness (QED) is 0.774. The van der Waals surface area contributed by atoms with Gasteiger partial charge < -0.3 is 19.3 Å². The van der Waals surface area contributed by atoms with Crippen LogP contribution in [0.5, 0.6) is 0 Å². The lowest BCUT2D eigenvalue weighted by Gasteiger charge is -2.40. The molecule has 1 saturated carbocycles. The average Bonchev–Trinajstić information content (AvgIpc) is 2.44. The minimum atomic E-state index is 0.457. The Morgan fingerprint density at radius 3 is 2.38 bits per heavy atom. The first kappa shape index (κ1) is 15.7. The predicted molar refractivity (Wildman–Crippen MR) is 84.6 cm³/mol. The highest BCUT2D eigenvalue weighted by molar-refractivity contribution is 4.84. The Bertz CT molecular complexity index is 312. The second-order valence-corrected chi connectivity index (χ2v) is 7.36. The van der Waals surface area contributed by atoms with Gasteiger partial charge in [-0.25, -0.2) is 0 Å². The maximum absolute atomic E-state index is 6.20. The molecule has 4 nitrogen and oxygen atoms in total. The van der Waals surface area contributed by atoms with Gasteiger partial charge in [0.25, 0.3) is 0 Å². The van der Waals surface area contributed by atoms with E-state index in [1.165, 1.54) is 58.4 Å². The zero-order valence-electron chi connectivity index (χ0n) is 13.8. The summed E-state index contributed by atoms with van der Waals surface area (Å²) < 4.78 is 11.5. The molecule has 0 aromatic rings. The normalized spacial score (nSPS) is 36.6. The van der Waals surface area contributed by atoms with Crippen LogP contribution in [-0.2, 0) is 9.47 Å². The van der Waals surface area contributed by atoms with Crippen molar-refractivity contribution in [1.82, 2.24) is 9.80 Å². The van der Waals surface area contributed by atoms with Gasteiger partial charge in [0.2, 0.25) is 0 Å². The van der Waals surface area contributed by atoms with Crippen molar-refractivity contribution in [3.8, 4) is 0 Å². The topological polar surface area (TPSA) is 24.9 Å². The number of likely N-dealkylation sites (tertiary alicyclic amines) is 2. The van der Waals surface area contributed by atoms with Gasteiger partial charge in [-0.3, -0.25) is 0 Å². The Labute approximate surface area is 129 Å². The summed E-state index contributed by atoms with van der Waals surface area (Å²) in [6.45, 7) is 6.33. The van der Waals surface area contributed by atoms with Crippen molar-refractivity contribution in [1.29, 1.82) is 0 Å². The first-order valence-corrected chi connectivity index (χ1v) is 8.82. The Morgan fingerprint density at radius 2 is 1.71 bits per heavy atom. The van der Waals surface area contributed by atoms with Gasteiger partial charge in [0, 0.05) is 33.3 Å². The molecule has 0 amide bonds. The molecule has 4 heteroatoms. The van der Waals surface area contributed by atoms with E-state index in [4.69, 9.17) is 9.47 Å². The zero-order valence-corrected chi connectivity index (χ0v) is 13.8. The van der Waals surface area contributed by atoms with Crippen molar-refractivity contribution in [2.75, 3.05) is 46.9 Å². The Balaban J connectivity index is 1.31. The highest BCUT2D eigenvalue weighted by Gasteiger charge is 2.33. The number of piperidine rings is 2. The molecule has 3 aliphatic rings. The second kappa shape index (κ2) is 7.40. The molecule has 0 radical (unpaired) electrons. The largest absolute Gasteiger partial charge is 0.381 e. The summed E-state index contributed by atoms with van der Waals surface area (Å²) in [5, 5.41) is 0. The Kier molecular flexibility index (Phi) is 5.54. The maximum atomic E-state index is 6.20. The molecule has 2 saturated heterocycles. The molecular weight excluding hydrogens is 264 g/mol. The number of hydrogen-bond acceptors (Lipinski definition) is 4. The fourth-order valence-electron chi connectivity index (χ4n) is 4.11. The minimum Gasteiger partial charge on any atom is -0.381 e. The predicted octanol–water partition coefficient (Wildman–Crippen LogP) is 1.99. The molecule has 1 atom stereocenters. The molecule has 1 aliphatic carbocycles. The summed E-state index contributed by atoms with van der Waals surface area (Å²) in [5.41, 5.74) is 0. The van der Waals surface area contributed by atoms with Gasteiger partial charge >= 0.3 is 0 Å². The zero-order chi connectivity index (χ0) is 14.7. The van der Waals surface area contributed by atoms with E-state index in [9.17, 15) is 0 Å². The van der Waals surface area contributed by atoms with Crippen molar-refractivity contribution >= 4 is 0 Å². The molecule has 0 aromatic carbocycles. The van der Waals surface area contributed by atoms with E-state index in [1.54, 1.807) is 0 Å². The number of methoxy groups -OCH3 is 1. The average molecular weight is 296 g/mol. The van der Waals surface area contributed by atoms with Crippen LogP contribution in [0.4, 0.5) is 0 Å². The van der Waals surface area contributed by atoms with E-state index in [0.29, 0.717) is 18.3 Å². The molecule has 3 fully saturated rings. The molecule has 3 rings (SSSR count). The fraction of sp³-hybridized carbons (Fsp3) is 1.00. The minimum absolute atomic E-state index is 0.457. The maximum Gasteiger partial charge on any atom is 0.0628 e. The number of ether oxygens (including phenoxy) is 2. The van der Waals surface area contributed by atoms with E-state index in [2.05, 4.69) is 16.8 Å². The van der Waals surface area contributed by atoms with Gasteiger partial charge in [0.05, 0.1) is 18.3 Å². The van der Waals surface area contributed by atoms with Crippen LogP contribution in [0.15, 0.2) is 0 Å². The summed E-state index contributed by atoms with van der Waals surface area (Å²) in [5.74, 6) is 0.885. The lowest BCUT2D eigenvalue weighted by Crippen LogP contribution is -2.45. The fourth-order valence-corrected chi connectivity index (χ4v) is 4.11. The third kappa shape index (κ3) is 4.41. The summed E-state index contributed by atoms with van der Waals surface area (Å²) in [7, 11) is 4.07. The van der Waals surface area contributed by atoms with Gasteiger partial charge in [0.1, 0.15) is 0 Å². The van der Waals surface area contributed by atoms with E-state index < -0.39 is 0 Å². The smallest absolute Gasteiger partial charge is 0.0628 e. The first-order valence-electron chi connectivity index (χ1n) is 8.82. The number of rotatable bonds is 5. The van der Waals surface area contributed by atoms with Crippen molar-refractivity contribution in [3.63, 3.8) is 0 Å². The van der Waals surface area contributed by atoms with Crippen molar-refractivity contribution < 1.29 is 9.47 Å². The van der Waals surface area contributed by atoms with Crippen LogP contribution < -0.4 is 0 Å². The number of hydrogen-bond donors (Lipinski definition) is 0. The van der Waals surface area contributed by atoms with Crippen LogP contribution in [0.3, 0.4) is 0 Å². The van der Waals surface area contributed by atoms with Gasteiger partial charge in [-0.05, 0) is 58.0 Å². The molecule has 2 heterocycles. The van der Waals surface area contributed by atoms with E-state index in [-0.39, 0.29) is 0 Å². The summed E-state index contributed by atoms with van der Waals surface area (Å²) in [4.78, 5) is 5.16. The van der Waals surface area contributed by atoms with Gasteiger partial charge in [0.15, 0.2) is 0 Å². The van der Waals surface area contributed by atoms with Crippen molar-refractivity contribution in [2.24, 2.45) is 5.92 Å². The summed E-state index contributed by atoms with van der Waals surface area (Å²) >= 11 is 0.